The van der Waals surface area contributed by atoms with Crippen molar-refractivity contribution in [2.45, 2.75) is 23.7 Å². The Balaban J connectivity index is 1.55. The van der Waals surface area contributed by atoms with Gasteiger partial charge in [0.25, 0.3) is 0 Å². The summed E-state index contributed by atoms with van der Waals surface area (Å²) in [5, 5.41) is 8.15. The van der Waals surface area contributed by atoms with Crippen LogP contribution in [0.3, 0.4) is 0 Å². The van der Waals surface area contributed by atoms with Crippen LogP contribution in [0.1, 0.15) is 24.7 Å². The molecule has 2 heterocycles. The lowest BCUT2D eigenvalue weighted by atomic mass is 10.00. The lowest BCUT2D eigenvalue weighted by Gasteiger charge is -2.30. The maximum Gasteiger partial charge on any atom is 0.247 e. The largest absolute Gasteiger partial charge is 0.493 e. The van der Waals surface area contributed by atoms with Gasteiger partial charge in [0.2, 0.25) is 21.8 Å². The van der Waals surface area contributed by atoms with Crippen molar-refractivity contribution in [3.63, 3.8) is 0 Å². The molecule has 8 nitrogen and oxygen atoms in total. The first-order valence-corrected chi connectivity index (χ1v) is 11.2. The Kier molecular flexibility index (Phi) is 5.92. The van der Waals surface area contributed by atoms with Gasteiger partial charge in [-0.25, -0.2) is 12.8 Å². The molecule has 31 heavy (non-hydrogen) atoms. The van der Waals surface area contributed by atoms with Gasteiger partial charge in [-0.1, -0.05) is 0 Å². The second-order valence-corrected chi connectivity index (χ2v) is 9.11. The van der Waals surface area contributed by atoms with E-state index in [4.69, 9.17) is 13.9 Å². The topological polar surface area (TPSA) is 94.8 Å². The highest BCUT2D eigenvalue weighted by atomic mass is 32.2. The third-order valence-electron chi connectivity index (χ3n) is 5.26. The van der Waals surface area contributed by atoms with Crippen LogP contribution < -0.4 is 9.47 Å². The van der Waals surface area contributed by atoms with Crippen molar-refractivity contribution in [2.75, 3.05) is 27.3 Å². The molecule has 1 aliphatic heterocycles. The third-order valence-corrected chi connectivity index (χ3v) is 7.12. The molecule has 0 radical (unpaired) electrons. The van der Waals surface area contributed by atoms with E-state index in [9.17, 15) is 12.8 Å². The average molecular weight is 447 g/mol. The Bertz CT molecular complexity index is 1160. The van der Waals surface area contributed by atoms with Gasteiger partial charge in [-0.2, -0.15) is 4.31 Å². The molecule has 0 N–H and O–H groups in total. The first-order chi connectivity index (χ1) is 14.9. The van der Waals surface area contributed by atoms with E-state index in [-0.39, 0.29) is 29.1 Å². The van der Waals surface area contributed by atoms with Crippen LogP contribution in [0.15, 0.2) is 51.8 Å². The maximum atomic E-state index is 13.2. The first-order valence-electron chi connectivity index (χ1n) is 9.74. The van der Waals surface area contributed by atoms with Crippen LogP contribution in [-0.2, 0) is 10.0 Å². The van der Waals surface area contributed by atoms with E-state index in [0.29, 0.717) is 35.9 Å². The van der Waals surface area contributed by atoms with Crippen molar-refractivity contribution in [2.24, 2.45) is 0 Å². The smallest absolute Gasteiger partial charge is 0.247 e. The standard InChI is InChI=1S/C21H22FN3O5S/c1-28-18-10-9-17(12-19(18)29-2)31(26,27)25-11-3-4-15(13-25)21-24-23-20(30-21)14-5-7-16(22)8-6-14/h5-10,12,15H,3-4,11,13H2,1-2H3/t15-/m0/s1. The number of methoxy groups -OCH3 is 2. The molecule has 2 aromatic carbocycles. The van der Waals surface area contributed by atoms with Crippen molar-refractivity contribution >= 4 is 10.0 Å². The number of nitrogens with zero attached hydrogens (tertiary/aromatic N) is 3. The van der Waals surface area contributed by atoms with Crippen molar-refractivity contribution in [1.82, 2.24) is 14.5 Å². The fourth-order valence-electron chi connectivity index (χ4n) is 3.60. The molecule has 0 saturated carbocycles. The highest BCUT2D eigenvalue weighted by molar-refractivity contribution is 7.89. The molecule has 0 amide bonds. The number of rotatable bonds is 6. The summed E-state index contributed by atoms with van der Waals surface area (Å²) >= 11 is 0. The molecule has 1 fully saturated rings. The van der Waals surface area contributed by atoms with Crippen molar-refractivity contribution < 1.29 is 26.7 Å². The predicted molar refractivity (Wildman–Crippen MR) is 110 cm³/mol. The van der Waals surface area contributed by atoms with Gasteiger partial charge in [0.05, 0.1) is 25.0 Å². The normalized spacial score (nSPS) is 17.5. The molecule has 1 atom stereocenters. The number of piperidine rings is 1. The van der Waals surface area contributed by atoms with E-state index in [2.05, 4.69) is 10.2 Å². The number of ether oxygens (including phenoxy) is 2. The van der Waals surface area contributed by atoms with Gasteiger partial charge in [0.15, 0.2) is 11.5 Å². The van der Waals surface area contributed by atoms with Crippen LogP contribution in [0.25, 0.3) is 11.5 Å². The Hall–Kier alpha value is -2.98. The van der Waals surface area contributed by atoms with E-state index in [1.165, 1.54) is 42.8 Å². The van der Waals surface area contributed by atoms with Gasteiger partial charge >= 0.3 is 0 Å². The minimum atomic E-state index is -3.74. The highest BCUT2D eigenvalue weighted by Gasteiger charge is 2.33. The van der Waals surface area contributed by atoms with E-state index >= 15 is 0 Å². The molecule has 1 aromatic heterocycles. The summed E-state index contributed by atoms with van der Waals surface area (Å²) in [4.78, 5) is 0.128. The van der Waals surface area contributed by atoms with E-state index < -0.39 is 10.0 Å². The van der Waals surface area contributed by atoms with Crippen LogP contribution >= 0.6 is 0 Å². The second-order valence-electron chi connectivity index (χ2n) is 7.17. The van der Waals surface area contributed by atoms with E-state index in [0.717, 1.165) is 6.42 Å². The summed E-state index contributed by atoms with van der Waals surface area (Å²) in [6, 6.07) is 10.3. The Morgan fingerprint density at radius 3 is 2.52 bits per heavy atom. The molecule has 0 spiro atoms. The molecular weight excluding hydrogens is 425 g/mol. The van der Waals surface area contributed by atoms with Gasteiger partial charge in [-0.05, 0) is 49.2 Å². The van der Waals surface area contributed by atoms with Crippen LogP contribution in [-0.4, -0.2) is 50.2 Å². The van der Waals surface area contributed by atoms with Crippen LogP contribution in [0.2, 0.25) is 0 Å². The van der Waals surface area contributed by atoms with Crippen molar-refractivity contribution in [3.8, 4) is 23.0 Å². The molecule has 1 saturated heterocycles. The zero-order valence-corrected chi connectivity index (χ0v) is 17.9. The summed E-state index contributed by atoms with van der Waals surface area (Å²) < 4.78 is 57.2. The number of sulfonamides is 1. The first kappa shape index (κ1) is 21.3. The monoisotopic (exact) mass is 447 g/mol. The Morgan fingerprint density at radius 2 is 1.81 bits per heavy atom. The summed E-state index contributed by atoms with van der Waals surface area (Å²) in [5.74, 6) is 0.855. The minimum Gasteiger partial charge on any atom is -0.493 e. The molecule has 3 aromatic rings. The minimum absolute atomic E-state index is 0.128. The molecular formula is C21H22FN3O5S. The second kappa shape index (κ2) is 8.64. The van der Waals surface area contributed by atoms with E-state index in [1.54, 1.807) is 18.2 Å². The van der Waals surface area contributed by atoms with Crippen LogP contribution in [0, 0.1) is 5.82 Å². The molecule has 164 valence electrons. The zero-order chi connectivity index (χ0) is 22.0. The van der Waals surface area contributed by atoms with Gasteiger partial charge < -0.3 is 13.9 Å². The summed E-state index contributed by atoms with van der Waals surface area (Å²) in [7, 11) is -0.795. The Labute approximate surface area is 179 Å². The molecule has 4 rings (SSSR count). The molecule has 0 aliphatic carbocycles. The number of hydrogen-bond donors (Lipinski definition) is 0. The summed E-state index contributed by atoms with van der Waals surface area (Å²) in [6.45, 7) is 0.619. The zero-order valence-electron chi connectivity index (χ0n) is 17.1. The van der Waals surface area contributed by atoms with Gasteiger partial charge in [0.1, 0.15) is 5.82 Å². The molecule has 0 bridgehead atoms. The summed E-state index contributed by atoms with van der Waals surface area (Å²) in [6.07, 6.45) is 1.38. The third kappa shape index (κ3) is 4.26. The lowest BCUT2D eigenvalue weighted by molar-refractivity contribution is 0.286. The van der Waals surface area contributed by atoms with E-state index in [1.807, 2.05) is 0 Å². The fourth-order valence-corrected chi connectivity index (χ4v) is 5.14. The lowest BCUT2D eigenvalue weighted by Crippen LogP contribution is -2.39. The van der Waals surface area contributed by atoms with Gasteiger partial charge in [0, 0.05) is 24.7 Å². The number of aromatic nitrogens is 2. The van der Waals surface area contributed by atoms with Gasteiger partial charge in [-0.3, -0.25) is 0 Å². The predicted octanol–water partition coefficient (Wildman–Crippen LogP) is 3.46. The Morgan fingerprint density at radius 1 is 1.06 bits per heavy atom. The van der Waals surface area contributed by atoms with Crippen molar-refractivity contribution in [1.29, 1.82) is 0 Å². The van der Waals surface area contributed by atoms with Gasteiger partial charge in [-0.15, -0.1) is 10.2 Å². The highest BCUT2D eigenvalue weighted by Crippen LogP contribution is 2.34. The number of hydrogen-bond acceptors (Lipinski definition) is 7. The van der Waals surface area contributed by atoms with Crippen LogP contribution in [0.4, 0.5) is 4.39 Å². The SMILES string of the molecule is COc1ccc(S(=O)(=O)N2CCC[C@H](c3nnc(-c4ccc(F)cc4)o3)C2)cc1OC. The summed E-state index contributed by atoms with van der Waals surface area (Å²) in [5.41, 5.74) is 0.603. The average Bonchev–Trinajstić information content (AvgIpc) is 3.29. The van der Waals surface area contributed by atoms with Crippen LogP contribution in [0.5, 0.6) is 11.5 Å². The number of benzene rings is 2. The number of halogens is 1. The quantitative estimate of drug-likeness (QED) is 0.571. The maximum absolute atomic E-state index is 13.2. The molecule has 10 heteroatoms. The molecule has 0 unspecified atom stereocenters. The molecule has 1 aliphatic rings. The van der Waals surface area contributed by atoms with Crippen molar-refractivity contribution in [3.05, 3.63) is 54.2 Å². The fraction of sp³-hybridized carbons (Fsp3) is 0.333.